The maximum absolute atomic E-state index is 5.89. The molecule has 0 saturated carbocycles. The number of aromatic nitrogens is 1. The average Bonchev–Trinajstić information content (AvgIpc) is 3.02. The van der Waals surface area contributed by atoms with Crippen molar-refractivity contribution >= 4 is 41.3 Å². The van der Waals surface area contributed by atoms with Gasteiger partial charge in [0.25, 0.3) is 0 Å². The lowest BCUT2D eigenvalue weighted by Gasteiger charge is -2.23. The highest BCUT2D eigenvalue weighted by Gasteiger charge is 2.22. The lowest BCUT2D eigenvalue weighted by Crippen LogP contribution is -2.42. The normalized spacial score (nSPS) is 19.9. The van der Waals surface area contributed by atoms with Crippen molar-refractivity contribution in [3.8, 4) is 0 Å². The van der Waals surface area contributed by atoms with Gasteiger partial charge in [-0.15, -0.1) is 35.3 Å². The van der Waals surface area contributed by atoms with Gasteiger partial charge in [-0.2, -0.15) is 0 Å². The Morgan fingerprint density at radius 2 is 2.45 bits per heavy atom. The van der Waals surface area contributed by atoms with Crippen molar-refractivity contribution in [2.24, 2.45) is 10.7 Å². The fourth-order valence-electron chi connectivity index (χ4n) is 2.45. The van der Waals surface area contributed by atoms with Crippen LogP contribution in [-0.2, 0) is 6.54 Å². The molecule has 0 aliphatic carbocycles. The van der Waals surface area contributed by atoms with Gasteiger partial charge >= 0.3 is 0 Å². The number of halogens is 1. The summed E-state index contributed by atoms with van der Waals surface area (Å²) in [5.41, 5.74) is 5.89. The van der Waals surface area contributed by atoms with Gasteiger partial charge in [-0.25, -0.2) is 9.98 Å². The van der Waals surface area contributed by atoms with Crippen molar-refractivity contribution in [1.29, 1.82) is 0 Å². The van der Waals surface area contributed by atoms with Crippen molar-refractivity contribution in [3.05, 3.63) is 16.1 Å². The Bertz CT molecular complexity index is 434. The van der Waals surface area contributed by atoms with Crippen molar-refractivity contribution in [3.63, 3.8) is 0 Å². The number of guanidine groups is 1. The largest absolute Gasteiger partial charge is 0.370 e. The van der Waals surface area contributed by atoms with Crippen LogP contribution in [0, 0.1) is 6.92 Å². The van der Waals surface area contributed by atoms with Crippen LogP contribution in [0.4, 0.5) is 0 Å². The van der Waals surface area contributed by atoms with Crippen LogP contribution < -0.4 is 11.1 Å². The van der Waals surface area contributed by atoms with Gasteiger partial charge in [-0.05, 0) is 32.9 Å². The molecule has 2 rings (SSSR count). The highest BCUT2D eigenvalue weighted by molar-refractivity contribution is 14.0. The van der Waals surface area contributed by atoms with Crippen LogP contribution in [0.5, 0.6) is 0 Å². The first-order valence-corrected chi connectivity index (χ1v) is 7.70. The van der Waals surface area contributed by atoms with Gasteiger partial charge in [0.05, 0.1) is 6.54 Å². The maximum atomic E-state index is 5.89. The summed E-state index contributed by atoms with van der Waals surface area (Å²) in [6.07, 6.45) is 4.41. The van der Waals surface area contributed by atoms with Gasteiger partial charge in [0.1, 0.15) is 5.01 Å². The van der Waals surface area contributed by atoms with Crippen LogP contribution in [0.15, 0.2) is 11.2 Å². The van der Waals surface area contributed by atoms with Gasteiger partial charge in [0.15, 0.2) is 5.96 Å². The number of nitrogens with two attached hydrogens (primary N) is 1. The number of aliphatic imine (C=N–C) groups is 1. The van der Waals surface area contributed by atoms with E-state index in [0.717, 1.165) is 18.1 Å². The summed E-state index contributed by atoms with van der Waals surface area (Å²) < 4.78 is 0. The van der Waals surface area contributed by atoms with Crippen LogP contribution in [0.1, 0.15) is 29.7 Å². The van der Waals surface area contributed by atoms with E-state index in [1.807, 2.05) is 13.1 Å². The minimum Gasteiger partial charge on any atom is -0.370 e. The van der Waals surface area contributed by atoms with E-state index in [1.165, 1.54) is 24.3 Å². The molecule has 5 nitrogen and oxygen atoms in total. The van der Waals surface area contributed by atoms with E-state index >= 15 is 0 Å². The molecule has 1 saturated heterocycles. The van der Waals surface area contributed by atoms with Crippen molar-refractivity contribution < 1.29 is 0 Å². The summed E-state index contributed by atoms with van der Waals surface area (Å²) in [7, 11) is 0. The second-order valence-corrected chi connectivity index (χ2v) is 6.19. The molecular formula is C13H24IN5S. The molecule has 1 aromatic heterocycles. The van der Waals surface area contributed by atoms with Gasteiger partial charge in [0, 0.05) is 23.7 Å². The van der Waals surface area contributed by atoms with Crippen LogP contribution in [0.3, 0.4) is 0 Å². The quantitative estimate of drug-likeness (QED) is 0.443. The number of nitrogens with zero attached hydrogens (tertiary/aromatic N) is 3. The molecule has 0 amide bonds. The number of likely N-dealkylation sites (tertiary alicyclic amines) is 1. The summed E-state index contributed by atoms with van der Waals surface area (Å²) in [5.74, 6) is 0.524. The van der Waals surface area contributed by atoms with Gasteiger partial charge in [-0.1, -0.05) is 6.92 Å². The first kappa shape index (κ1) is 17.6. The molecule has 2 heterocycles. The molecule has 1 aromatic rings. The van der Waals surface area contributed by atoms with E-state index in [2.05, 4.69) is 27.1 Å². The average molecular weight is 409 g/mol. The van der Waals surface area contributed by atoms with Crippen LogP contribution in [0.2, 0.25) is 0 Å². The van der Waals surface area contributed by atoms with E-state index in [0.29, 0.717) is 18.5 Å². The SMILES string of the molecule is CCN1CCCC1CNC(N)=NCc1ncc(C)s1.I. The van der Waals surface area contributed by atoms with E-state index in [1.54, 1.807) is 11.3 Å². The van der Waals surface area contributed by atoms with Crippen molar-refractivity contribution in [2.45, 2.75) is 39.3 Å². The fraction of sp³-hybridized carbons (Fsp3) is 0.692. The molecule has 0 aromatic carbocycles. The third-order valence-corrected chi connectivity index (χ3v) is 4.38. The smallest absolute Gasteiger partial charge is 0.189 e. The van der Waals surface area contributed by atoms with Crippen LogP contribution in [0.25, 0.3) is 0 Å². The van der Waals surface area contributed by atoms with Crippen LogP contribution in [-0.4, -0.2) is 41.5 Å². The lowest BCUT2D eigenvalue weighted by atomic mass is 10.2. The number of aryl methyl sites for hydroxylation is 1. The molecule has 1 aliphatic heterocycles. The van der Waals surface area contributed by atoms with Crippen molar-refractivity contribution in [1.82, 2.24) is 15.2 Å². The molecule has 3 N–H and O–H groups in total. The topological polar surface area (TPSA) is 66.5 Å². The summed E-state index contributed by atoms with van der Waals surface area (Å²) in [4.78, 5) is 12.3. The van der Waals surface area contributed by atoms with E-state index < -0.39 is 0 Å². The summed E-state index contributed by atoms with van der Waals surface area (Å²) in [6, 6.07) is 0.598. The maximum Gasteiger partial charge on any atom is 0.189 e. The van der Waals surface area contributed by atoms with Crippen molar-refractivity contribution in [2.75, 3.05) is 19.6 Å². The number of likely N-dealkylation sites (N-methyl/N-ethyl adjacent to an activating group) is 1. The summed E-state index contributed by atoms with van der Waals surface area (Å²) >= 11 is 1.67. The predicted octanol–water partition coefficient (Wildman–Crippen LogP) is 1.96. The Kier molecular flexibility index (Phi) is 7.75. The monoisotopic (exact) mass is 409 g/mol. The minimum atomic E-state index is 0. The Labute approximate surface area is 142 Å². The first-order chi connectivity index (χ1) is 9.19. The summed E-state index contributed by atoms with van der Waals surface area (Å²) in [6.45, 7) is 8.03. The summed E-state index contributed by atoms with van der Waals surface area (Å²) in [5, 5.41) is 4.24. The molecule has 1 unspecified atom stereocenters. The van der Waals surface area contributed by atoms with Gasteiger partial charge in [-0.3, -0.25) is 4.90 Å². The number of hydrogen-bond donors (Lipinski definition) is 2. The molecule has 0 spiro atoms. The molecule has 20 heavy (non-hydrogen) atoms. The number of rotatable bonds is 5. The van der Waals surface area contributed by atoms with Crippen LogP contribution >= 0.6 is 35.3 Å². The number of hydrogen-bond acceptors (Lipinski definition) is 4. The second-order valence-electron chi connectivity index (χ2n) is 4.87. The highest BCUT2D eigenvalue weighted by atomic mass is 127. The minimum absolute atomic E-state index is 0. The zero-order valence-electron chi connectivity index (χ0n) is 12.1. The fourth-order valence-corrected chi connectivity index (χ4v) is 3.16. The third kappa shape index (κ3) is 5.17. The van der Waals surface area contributed by atoms with E-state index in [9.17, 15) is 0 Å². The molecule has 114 valence electrons. The first-order valence-electron chi connectivity index (χ1n) is 6.88. The molecule has 1 fully saturated rings. The molecule has 7 heteroatoms. The Hall–Kier alpha value is -0.410. The standard InChI is InChI=1S/C13H23N5S.HI/c1-3-18-6-4-5-11(18)8-16-13(14)17-9-12-15-7-10(2)19-12;/h7,11H,3-6,8-9H2,1-2H3,(H3,14,16,17);1H. The molecule has 1 aliphatic rings. The Morgan fingerprint density at radius 3 is 3.10 bits per heavy atom. The van der Waals surface area contributed by atoms with E-state index in [-0.39, 0.29) is 24.0 Å². The number of nitrogens with one attached hydrogen (secondary N) is 1. The lowest BCUT2D eigenvalue weighted by molar-refractivity contribution is 0.267. The predicted molar refractivity (Wildman–Crippen MR) is 95.9 cm³/mol. The third-order valence-electron chi connectivity index (χ3n) is 3.48. The molecule has 0 bridgehead atoms. The van der Waals surface area contributed by atoms with E-state index in [4.69, 9.17) is 5.73 Å². The highest BCUT2D eigenvalue weighted by Crippen LogP contribution is 2.15. The number of thiazole rings is 1. The van der Waals surface area contributed by atoms with Gasteiger partial charge in [0.2, 0.25) is 0 Å². The molecule has 0 radical (unpaired) electrons. The molecular weight excluding hydrogens is 385 g/mol. The Balaban J connectivity index is 0.00000200. The zero-order valence-corrected chi connectivity index (χ0v) is 15.3. The Morgan fingerprint density at radius 1 is 1.65 bits per heavy atom. The van der Waals surface area contributed by atoms with Gasteiger partial charge < -0.3 is 11.1 Å². The zero-order chi connectivity index (χ0) is 13.7. The second kappa shape index (κ2) is 8.78. The molecule has 1 atom stereocenters.